The summed E-state index contributed by atoms with van der Waals surface area (Å²) in [7, 11) is 1.61. The van der Waals surface area contributed by atoms with E-state index in [-0.39, 0.29) is 24.3 Å². The molecule has 1 aliphatic heterocycles. The van der Waals surface area contributed by atoms with Crippen LogP contribution in [-0.4, -0.2) is 47.7 Å². The van der Waals surface area contributed by atoms with Crippen LogP contribution >= 0.6 is 0 Å². The van der Waals surface area contributed by atoms with Gasteiger partial charge in [0.1, 0.15) is 0 Å². The third-order valence-electron chi connectivity index (χ3n) is 4.81. The van der Waals surface area contributed by atoms with E-state index >= 15 is 0 Å². The third-order valence-corrected chi connectivity index (χ3v) is 4.81. The van der Waals surface area contributed by atoms with Crippen LogP contribution in [0.1, 0.15) is 34.3 Å². The maximum Gasteiger partial charge on any atom is 0.254 e. The van der Waals surface area contributed by atoms with E-state index in [2.05, 4.69) is 5.32 Å². The first kappa shape index (κ1) is 19.6. The van der Waals surface area contributed by atoms with Crippen molar-refractivity contribution >= 4 is 23.4 Å². The van der Waals surface area contributed by atoms with Crippen molar-refractivity contribution in [2.24, 2.45) is 0 Å². The summed E-state index contributed by atoms with van der Waals surface area (Å²) in [6, 6.07) is 14.7. The molecule has 1 saturated heterocycles. The number of carbonyl (C=O) groups is 3. The van der Waals surface area contributed by atoms with Gasteiger partial charge in [-0.25, -0.2) is 0 Å². The molecule has 146 valence electrons. The number of likely N-dealkylation sites (N-methyl/N-ethyl adjacent to an activating group) is 1. The highest BCUT2D eigenvalue weighted by atomic mass is 16.2. The average Bonchev–Trinajstić information content (AvgIpc) is 3.08. The number of hydrogen-bond donors (Lipinski definition) is 1. The second-order valence-electron chi connectivity index (χ2n) is 7.19. The van der Waals surface area contributed by atoms with E-state index in [1.807, 2.05) is 48.2 Å². The highest BCUT2D eigenvalue weighted by molar-refractivity contribution is 5.99. The molecule has 2 aromatic carbocycles. The Balaban J connectivity index is 1.54. The van der Waals surface area contributed by atoms with Gasteiger partial charge in [0.2, 0.25) is 11.8 Å². The maximum absolute atomic E-state index is 12.6. The van der Waals surface area contributed by atoms with E-state index in [4.69, 9.17) is 0 Å². The molecule has 1 heterocycles. The standard InChI is InChI=1S/C22H25N3O3/c1-16-5-11-19(12-6-16)23-20(26)15-24(2)22(28)18-9-7-17(8-10-18)14-25-13-3-4-21(25)27/h5-12H,3-4,13-15H2,1-2H3,(H,23,26). The summed E-state index contributed by atoms with van der Waals surface area (Å²) in [6.07, 6.45) is 1.52. The zero-order chi connectivity index (χ0) is 20.1. The molecule has 0 aliphatic carbocycles. The average molecular weight is 379 g/mol. The molecule has 3 amide bonds. The molecule has 1 aliphatic rings. The van der Waals surface area contributed by atoms with Crippen molar-refractivity contribution in [1.29, 1.82) is 0 Å². The summed E-state index contributed by atoms with van der Waals surface area (Å²) in [5.41, 5.74) is 3.33. The number of carbonyl (C=O) groups excluding carboxylic acids is 3. The third kappa shape index (κ3) is 4.97. The summed E-state index contributed by atoms with van der Waals surface area (Å²) < 4.78 is 0. The number of rotatable bonds is 6. The smallest absolute Gasteiger partial charge is 0.254 e. The summed E-state index contributed by atoms with van der Waals surface area (Å²) >= 11 is 0. The van der Waals surface area contributed by atoms with Crippen LogP contribution in [0.5, 0.6) is 0 Å². The van der Waals surface area contributed by atoms with Gasteiger partial charge >= 0.3 is 0 Å². The van der Waals surface area contributed by atoms with Crippen LogP contribution in [0.3, 0.4) is 0 Å². The summed E-state index contributed by atoms with van der Waals surface area (Å²) in [6.45, 7) is 3.31. The molecule has 2 aromatic rings. The molecule has 3 rings (SSSR count). The minimum Gasteiger partial charge on any atom is -0.338 e. The first-order valence-electron chi connectivity index (χ1n) is 9.41. The largest absolute Gasteiger partial charge is 0.338 e. The fourth-order valence-corrected chi connectivity index (χ4v) is 3.19. The van der Waals surface area contributed by atoms with Crippen LogP contribution in [-0.2, 0) is 16.1 Å². The molecule has 6 nitrogen and oxygen atoms in total. The molecule has 0 saturated carbocycles. The lowest BCUT2D eigenvalue weighted by atomic mass is 10.1. The fourth-order valence-electron chi connectivity index (χ4n) is 3.19. The van der Waals surface area contributed by atoms with Crippen molar-refractivity contribution in [2.45, 2.75) is 26.3 Å². The number of amides is 3. The van der Waals surface area contributed by atoms with E-state index in [0.29, 0.717) is 24.2 Å². The Morgan fingerprint density at radius 2 is 1.75 bits per heavy atom. The molecule has 0 spiro atoms. The molecule has 1 N–H and O–H groups in total. The van der Waals surface area contributed by atoms with Crippen molar-refractivity contribution in [3.05, 3.63) is 65.2 Å². The second kappa shape index (κ2) is 8.69. The quantitative estimate of drug-likeness (QED) is 0.839. The Morgan fingerprint density at radius 1 is 1.07 bits per heavy atom. The monoisotopic (exact) mass is 379 g/mol. The SMILES string of the molecule is Cc1ccc(NC(=O)CN(C)C(=O)c2ccc(CN3CCCC3=O)cc2)cc1. The molecule has 0 aromatic heterocycles. The van der Waals surface area contributed by atoms with Gasteiger partial charge in [0.25, 0.3) is 5.91 Å². The van der Waals surface area contributed by atoms with Gasteiger partial charge in [-0.3, -0.25) is 14.4 Å². The van der Waals surface area contributed by atoms with Crippen LogP contribution < -0.4 is 5.32 Å². The Labute approximate surface area is 165 Å². The highest BCUT2D eigenvalue weighted by Crippen LogP contribution is 2.15. The van der Waals surface area contributed by atoms with Gasteiger partial charge in [-0.05, 0) is 43.2 Å². The topological polar surface area (TPSA) is 69.7 Å². The van der Waals surface area contributed by atoms with Gasteiger partial charge in [0, 0.05) is 37.8 Å². The number of benzene rings is 2. The zero-order valence-corrected chi connectivity index (χ0v) is 16.3. The van der Waals surface area contributed by atoms with E-state index in [1.165, 1.54) is 4.90 Å². The molecule has 0 bridgehead atoms. The van der Waals surface area contributed by atoms with Gasteiger partial charge in [0.15, 0.2) is 0 Å². The lowest BCUT2D eigenvalue weighted by molar-refractivity contribution is -0.128. The van der Waals surface area contributed by atoms with E-state index in [9.17, 15) is 14.4 Å². The Bertz CT molecular complexity index is 860. The van der Waals surface area contributed by atoms with Gasteiger partial charge in [-0.1, -0.05) is 29.8 Å². The van der Waals surface area contributed by atoms with Gasteiger partial charge in [-0.15, -0.1) is 0 Å². The number of nitrogens with zero attached hydrogens (tertiary/aromatic N) is 2. The molecule has 6 heteroatoms. The predicted octanol–water partition coefficient (Wildman–Crippen LogP) is 2.83. The van der Waals surface area contributed by atoms with Crippen molar-refractivity contribution in [1.82, 2.24) is 9.80 Å². The highest BCUT2D eigenvalue weighted by Gasteiger charge is 2.20. The molecule has 28 heavy (non-hydrogen) atoms. The number of nitrogens with one attached hydrogen (secondary N) is 1. The molecule has 0 unspecified atom stereocenters. The normalized spacial score (nSPS) is 13.5. The second-order valence-corrected chi connectivity index (χ2v) is 7.19. The summed E-state index contributed by atoms with van der Waals surface area (Å²) in [5.74, 6) is -0.286. The molecule has 0 radical (unpaired) electrons. The first-order valence-corrected chi connectivity index (χ1v) is 9.41. The predicted molar refractivity (Wildman–Crippen MR) is 108 cm³/mol. The summed E-state index contributed by atoms with van der Waals surface area (Å²) in [4.78, 5) is 39.7. The molecular formula is C22H25N3O3. The number of anilines is 1. The Kier molecular flexibility index (Phi) is 6.09. The van der Waals surface area contributed by atoms with Gasteiger partial charge in [0.05, 0.1) is 6.54 Å². The van der Waals surface area contributed by atoms with Crippen molar-refractivity contribution in [3.8, 4) is 0 Å². The number of aryl methyl sites for hydroxylation is 1. The van der Waals surface area contributed by atoms with Gasteiger partial charge in [-0.2, -0.15) is 0 Å². The van der Waals surface area contributed by atoms with Gasteiger partial charge < -0.3 is 15.1 Å². The van der Waals surface area contributed by atoms with E-state index < -0.39 is 0 Å². The molecule has 0 atom stereocenters. The minimum absolute atomic E-state index is 0.0310. The van der Waals surface area contributed by atoms with Crippen molar-refractivity contribution < 1.29 is 14.4 Å². The molecule has 1 fully saturated rings. The minimum atomic E-state index is -0.246. The van der Waals surface area contributed by atoms with Crippen LogP contribution in [0.2, 0.25) is 0 Å². The van der Waals surface area contributed by atoms with E-state index in [0.717, 1.165) is 24.1 Å². The van der Waals surface area contributed by atoms with Crippen molar-refractivity contribution in [3.63, 3.8) is 0 Å². The van der Waals surface area contributed by atoms with Crippen LogP contribution in [0.25, 0.3) is 0 Å². The lowest BCUT2D eigenvalue weighted by Gasteiger charge is -2.18. The summed E-state index contributed by atoms with van der Waals surface area (Å²) in [5, 5.41) is 2.79. The lowest BCUT2D eigenvalue weighted by Crippen LogP contribution is -2.34. The number of hydrogen-bond acceptors (Lipinski definition) is 3. The van der Waals surface area contributed by atoms with Crippen LogP contribution in [0.4, 0.5) is 5.69 Å². The fraction of sp³-hybridized carbons (Fsp3) is 0.318. The zero-order valence-electron chi connectivity index (χ0n) is 16.3. The van der Waals surface area contributed by atoms with Crippen molar-refractivity contribution in [2.75, 3.05) is 25.5 Å². The molecular weight excluding hydrogens is 354 g/mol. The maximum atomic E-state index is 12.6. The van der Waals surface area contributed by atoms with Crippen LogP contribution in [0, 0.1) is 6.92 Å². The van der Waals surface area contributed by atoms with Crippen LogP contribution in [0.15, 0.2) is 48.5 Å². The van der Waals surface area contributed by atoms with E-state index in [1.54, 1.807) is 19.2 Å². The Morgan fingerprint density at radius 3 is 2.36 bits per heavy atom. The number of likely N-dealkylation sites (tertiary alicyclic amines) is 1. The first-order chi connectivity index (χ1) is 13.4. The Hall–Kier alpha value is -3.15.